The summed E-state index contributed by atoms with van der Waals surface area (Å²) in [6, 6.07) is 11.7. The highest BCUT2D eigenvalue weighted by Crippen LogP contribution is 2.31. The molecule has 0 spiro atoms. The van der Waals surface area contributed by atoms with E-state index in [0.29, 0.717) is 16.6 Å². The number of thiazole rings is 1. The monoisotopic (exact) mass is 394 g/mol. The van der Waals surface area contributed by atoms with Crippen molar-refractivity contribution in [2.75, 3.05) is 19.5 Å². The molecular weight excluding hydrogens is 372 g/mol. The van der Waals surface area contributed by atoms with Crippen molar-refractivity contribution < 1.29 is 14.3 Å². The number of nitrogens with one attached hydrogen (secondary N) is 1. The molecule has 0 saturated carbocycles. The molecule has 3 rings (SSSR count). The third-order valence-electron chi connectivity index (χ3n) is 4.38. The minimum atomic E-state index is -0.258. The summed E-state index contributed by atoms with van der Waals surface area (Å²) in [7, 11) is 3.15. The number of methoxy groups -OCH3 is 2. The molecule has 0 saturated heterocycles. The maximum atomic E-state index is 12.3. The summed E-state index contributed by atoms with van der Waals surface area (Å²) >= 11 is 1.40. The molecule has 5 nitrogen and oxygen atoms in total. The van der Waals surface area contributed by atoms with Crippen LogP contribution in [0.2, 0.25) is 0 Å². The van der Waals surface area contributed by atoms with Crippen molar-refractivity contribution >= 4 is 28.5 Å². The van der Waals surface area contributed by atoms with Gasteiger partial charge in [0.2, 0.25) is 5.91 Å². The number of aromatic nitrogens is 1. The average Bonchev–Trinajstić information content (AvgIpc) is 3.16. The molecule has 6 heteroatoms. The minimum absolute atomic E-state index is 0.258. The number of hydrogen-bond donors (Lipinski definition) is 1. The maximum absolute atomic E-state index is 12.3. The van der Waals surface area contributed by atoms with Crippen LogP contribution in [-0.2, 0) is 4.79 Å². The van der Waals surface area contributed by atoms with E-state index in [1.807, 2.05) is 23.6 Å². The first-order chi connectivity index (χ1) is 13.5. The number of carbonyl (C=O) groups is 1. The van der Waals surface area contributed by atoms with Crippen LogP contribution in [0.4, 0.5) is 5.13 Å². The Balaban J connectivity index is 1.71. The molecule has 0 unspecified atom stereocenters. The van der Waals surface area contributed by atoms with Crippen molar-refractivity contribution in [1.29, 1.82) is 0 Å². The molecule has 144 valence electrons. The van der Waals surface area contributed by atoms with Gasteiger partial charge in [-0.15, -0.1) is 11.3 Å². The van der Waals surface area contributed by atoms with Gasteiger partial charge < -0.3 is 9.47 Å². The van der Waals surface area contributed by atoms with Gasteiger partial charge in [0.1, 0.15) is 0 Å². The Labute approximate surface area is 168 Å². The van der Waals surface area contributed by atoms with E-state index in [4.69, 9.17) is 9.47 Å². The van der Waals surface area contributed by atoms with Crippen LogP contribution in [0, 0.1) is 13.8 Å². The van der Waals surface area contributed by atoms with Crippen LogP contribution in [-0.4, -0.2) is 25.1 Å². The summed E-state index contributed by atoms with van der Waals surface area (Å²) in [4.78, 5) is 16.8. The van der Waals surface area contributed by atoms with Crippen LogP contribution < -0.4 is 14.8 Å². The first-order valence-corrected chi connectivity index (χ1v) is 9.63. The Morgan fingerprint density at radius 2 is 1.93 bits per heavy atom. The number of rotatable bonds is 6. The summed E-state index contributed by atoms with van der Waals surface area (Å²) in [6.45, 7) is 4.15. The number of benzene rings is 2. The highest BCUT2D eigenvalue weighted by molar-refractivity contribution is 7.14. The number of carbonyl (C=O) groups excluding carboxylic acids is 1. The zero-order valence-electron chi connectivity index (χ0n) is 16.3. The van der Waals surface area contributed by atoms with E-state index in [0.717, 1.165) is 16.8 Å². The van der Waals surface area contributed by atoms with Crippen LogP contribution in [0.15, 0.2) is 47.9 Å². The molecule has 1 aromatic heterocycles. The molecule has 2 aromatic carbocycles. The number of hydrogen-bond acceptors (Lipinski definition) is 5. The Morgan fingerprint density at radius 3 is 2.64 bits per heavy atom. The molecule has 28 heavy (non-hydrogen) atoms. The predicted molar refractivity (Wildman–Crippen MR) is 114 cm³/mol. The summed E-state index contributed by atoms with van der Waals surface area (Å²) in [5.74, 6) is 0.939. The topological polar surface area (TPSA) is 60.5 Å². The maximum Gasteiger partial charge on any atom is 0.250 e. The number of amides is 1. The summed E-state index contributed by atoms with van der Waals surface area (Å²) in [6.07, 6.45) is 3.14. The van der Waals surface area contributed by atoms with Gasteiger partial charge in [0.15, 0.2) is 16.6 Å². The number of nitrogens with zero attached hydrogens (tertiary/aromatic N) is 1. The van der Waals surface area contributed by atoms with E-state index < -0.39 is 0 Å². The van der Waals surface area contributed by atoms with Crippen LogP contribution in [0.5, 0.6) is 11.5 Å². The molecule has 1 amide bonds. The lowest BCUT2D eigenvalue weighted by atomic mass is 10.1. The van der Waals surface area contributed by atoms with Crippen LogP contribution in [0.25, 0.3) is 17.3 Å². The Bertz CT molecular complexity index is 1020. The molecule has 1 heterocycles. The Morgan fingerprint density at radius 1 is 1.11 bits per heavy atom. The van der Waals surface area contributed by atoms with E-state index in [2.05, 4.69) is 36.3 Å². The van der Waals surface area contributed by atoms with Crippen molar-refractivity contribution in [2.45, 2.75) is 13.8 Å². The highest BCUT2D eigenvalue weighted by Gasteiger charge is 2.09. The summed E-state index contributed by atoms with van der Waals surface area (Å²) in [5, 5.41) is 5.30. The lowest BCUT2D eigenvalue weighted by Gasteiger charge is -2.09. The fourth-order valence-electron chi connectivity index (χ4n) is 2.72. The number of para-hydroxylation sites is 1. The van der Waals surface area contributed by atoms with Gasteiger partial charge in [0.05, 0.1) is 19.9 Å². The first-order valence-electron chi connectivity index (χ1n) is 8.75. The lowest BCUT2D eigenvalue weighted by molar-refractivity contribution is -0.111. The Hall–Kier alpha value is -3.12. The molecular formula is C22H22N2O3S. The van der Waals surface area contributed by atoms with Crippen LogP contribution >= 0.6 is 11.3 Å². The number of aryl methyl sites for hydroxylation is 2. The van der Waals surface area contributed by atoms with E-state index in [-0.39, 0.29) is 5.91 Å². The second kappa shape index (κ2) is 8.71. The normalized spacial score (nSPS) is 10.9. The van der Waals surface area contributed by atoms with Gasteiger partial charge in [-0.25, -0.2) is 4.98 Å². The third kappa shape index (κ3) is 4.40. The second-order valence-electron chi connectivity index (χ2n) is 6.24. The van der Waals surface area contributed by atoms with Gasteiger partial charge in [0, 0.05) is 22.6 Å². The second-order valence-corrected chi connectivity index (χ2v) is 7.10. The van der Waals surface area contributed by atoms with E-state index in [1.165, 1.54) is 28.5 Å². The molecule has 0 fully saturated rings. The van der Waals surface area contributed by atoms with Gasteiger partial charge in [-0.05, 0) is 43.2 Å². The summed E-state index contributed by atoms with van der Waals surface area (Å²) in [5.41, 5.74) is 5.10. The minimum Gasteiger partial charge on any atom is -0.493 e. The van der Waals surface area contributed by atoms with Crippen molar-refractivity contribution in [3.8, 4) is 22.8 Å². The van der Waals surface area contributed by atoms with Gasteiger partial charge in [0.25, 0.3) is 0 Å². The largest absolute Gasteiger partial charge is 0.493 e. The lowest BCUT2D eigenvalue weighted by Crippen LogP contribution is -2.07. The van der Waals surface area contributed by atoms with Crippen molar-refractivity contribution in [3.63, 3.8) is 0 Å². The molecule has 3 aromatic rings. The molecule has 0 radical (unpaired) electrons. The van der Waals surface area contributed by atoms with Crippen LogP contribution in [0.3, 0.4) is 0 Å². The molecule has 0 aliphatic carbocycles. The molecule has 0 aliphatic rings. The van der Waals surface area contributed by atoms with Crippen molar-refractivity contribution in [3.05, 3.63) is 64.5 Å². The first kappa shape index (κ1) is 19.6. The van der Waals surface area contributed by atoms with Crippen molar-refractivity contribution in [2.24, 2.45) is 0 Å². The predicted octanol–water partition coefficient (Wildman–Crippen LogP) is 5.10. The van der Waals surface area contributed by atoms with Gasteiger partial charge in [-0.1, -0.05) is 24.3 Å². The smallest absolute Gasteiger partial charge is 0.250 e. The number of ether oxygens (including phenoxy) is 2. The molecule has 0 bridgehead atoms. The van der Waals surface area contributed by atoms with Gasteiger partial charge >= 0.3 is 0 Å². The van der Waals surface area contributed by atoms with Crippen molar-refractivity contribution in [1.82, 2.24) is 4.98 Å². The van der Waals surface area contributed by atoms with E-state index in [9.17, 15) is 4.79 Å². The van der Waals surface area contributed by atoms with Gasteiger partial charge in [-0.2, -0.15) is 0 Å². The fourth-order valence-corrected chi connectivity index (χ4v) is 3.44. The quantitative estimate of drug-likeness (QED) is 0.591. The zero-order valence-corrected chi connectivity index (χ0v) is 17.1. The van der Waals surface area contributed by atoms with E-state index in [1.54, 1.807) is 26.4 Å². The molecule has 0 atom stereocenters. The van der Waals surface area contributed by atoms with E-state index >= 15 is 0 Å². The Kier molecular flexibility index (Phi) is 6.11. The number of anilines is 1. The average molecular weight is 394 g/mol. The fraction of sp³-hybridized carbons (Fsp3) is 0.182. The summed E-state index contributed by atoms with van der Waals surface area (Å²) < 4.78 is 10.6. The third-order valence-corrected chi connectivity index (χ3v) is 5.14. The highest BCUT2D eigenvalue weighted by atomic mass is 32.1. The van der Waals surface area contributed by atoms with Crippen LogP contribution in [0.1, 0.15) is 16.7 Å². The standard InChI is InChI=1S/C22H22N2O3S/c1-14-8-9-17(12-15(14)2)18-13-28-22(23-18)24-20(25)11-10-16-6-5-7-19(26-3)21(16)27-4/h5-13H,1-4H3,(H,23,24,25)/b11-10+. The zero-order chi connectivity index (χ0) is 20.1. The molecule has 0 aliphatic heterocycles. The SMILES string of the molecule is COc1cccc(/C=C/C(=O)Nc2nc(-c3ccc(C)c(C)c3)cs2)c1OC. The molecule has 1 N–H and O–H groups in total. The van der Waals surface area contributed by atoms with Gasteiger partial charge in [-0.3, -0.25) is 10.1 Å².